The maximum Gasteiger partial charge on any atom is 0.261 e. The molecule has 0 unspecified atom stereocenters. The van der Waals surface area contributed by atoms with Crippen LogP contribution in [0.5, 0.6) is 0 Å². The van der Waals surface area contributed by atoms with Gasteiger partial charge in [-0.25, -0.2) is 8.42 Å². The average Bonchev–Trinajstić information content (AvgIpc) is 2.60. The number of aryl methyl sites for hydroxylation is 1. The number of hydrogen-bond donors (Lipinski definition) is 1. The van der Waals surface area contributed by atoms with Gasteiger partial charge < -0.3 is 4.90 Å². The molecule has 1 aliphatic rings. The highest BCUT2D eigenvalue weighted by molar-refractivity contribution is 8.00. The largest absolute Gasteiger partial charge is 0.310 e. The Kier molecular flexibility index (Phi) is 5.29. The molecule has 0 aromatic heterocycles. The number of rotatable bonds is 4. The van der Waals surface area contributed by atoms with E-state index >= 15 is 0 Å². The monoisotopic (exact) mass is 390 g/mol. The van der Waals surface area contributed by atoms with Crippen LogP contribution < -0.4 is 9.62 Å². The molecule has 1 aliphatic heterocycles. The zero-order valence-corrected chi connectivity index (χ0v) is 16.7. The summed E-state index contributed by atoms with van der Waals surface area (Å²) < 4.78 is 28.1. The van der Waals surface area contributed by atoms with Crippen LogP contribution in [0.2, 0.25) is 0 Å². The molecule has 138 valence electrons. The number of nitrogens with one attached hydrogen (secondary N) is 1. The van der Waals surface area contributed by atoms with Crippen molar-refractivity contribution in [2.45, 2.75) is 42.2 Å². The van der Waals surface area contributed by atoms with E-state index < -0.39 is 10.0 Å². The SMILES string of the molecule is CCc1ccc(NS(=O)(=O)c2ccc3c(c2)N(C(C)=O)C[C@@H](C)S3)cc1. The molecule has 26 heavy (non-hydrogen) atoms. The van der Waals surface area contributed by atoms with Crippen LogP contribution in [0.15, 0.2) is 52.3 Å². The van der Waals surface area contributed by atoms with Gasteiger partial charge >= 0.3 is 0 Å². The number of thioether (sulfide) groups is 1. The number of anilines is 2. The van der Waals surface area contributed by atoms with Crippen molar-refractivity contribution in [1.82, 2.24) is 0 Å². The van der Waals surface area contributed by atoms with Crippen molar-refractivity contribution in [3.05, 3.63) is 48.0 Å². The lowest BCUT2D eigenvalue weighted by atomic mass is 10.2. The molecule has 3 rings (SSSR count). The van der Waals surface area contributed by atoms with E-state index in [4.69, 9.17) is 0 Å². The topological polar surface area (TPSA) is 66.5 Å². The Morgan fingerprint density at radius 2 is 1.92 bits per heavy atom. The smallest absolute Gasteiger partial charge is 0.261 e. The van der Waals surface area contributed by atoms with Crippen molar-refractivity contribution in [2.75, 3.05) is 16.2 Å². The van der Waals surface area contributed by atoms with Gasteiger partial charge in [0.2, 0.25) is 5.91 Å². The molecule has 5 nitrogen and oxygen atoms in total. The molecule has 0 aliphatic carbocycles. The minimum atomic E-state index is -3.73. The van der Waals surface area contributed by atoms with Crippen molar-refractivity contribution in [3.63, 3.8) is 0 Å². The molecule has 1 amide bonds. The first-order valence-corrected chi connectivity index (χ1v) is 10.9. The number of carbonyl (C=O) groups excluding carboxylic acids is 1. The third-order valence-electron chi connectivity index (χ3n) is 4.29. The van der Waals surface area contributed by atoms with Crippen LogP contribution in [0.1, 0.15) is 26.3 Å². The molecule has 0 saturated heterocycles. The number of hydrogen-bond acceptors (Lipinski definition) is 4. The van der Waals surface area contributed by atoms with E-state index in [1.807, 2.05) is 19.1 Å². The molecule has 7 heteroatoms. The van der Waals surface area contributed by atoms with Crippen molar-refractivity contribution in [1.29, 1.82) is 0 Å². The number of nitrogens with zero attached hydrogens (tertiary/aromatic N) is 1. The Morgan fingerprint density at radius 1 is 1.23 bits per heavy atom. The number of benzene rings is 2. The molecule has 2 aromatic carbocycles. The van der Waals surface area contributed by atoms with Gasteiger partial charge in [-0.1, -0.05) is 26.0 Å². The summed E-state index contributed by atoms with van der Waals surface area (Å²) in [5, 5.41) is 0.268. The average molecular weight is 391 g/mol. The van der Waals surface area contributed by atoms with Crippen molar-refractivity contribution >= 4 is 39.1 Å². The van der Waals surface area contributed by atoms with Crippen LogP contribution in [-0.2, 0) is 21.2 Å². The van der Waals surface area contributed by atoms with Gasteiger partial charge in [0.1, 0.15) is 0 Å². The van der Waals surface area contributed by atoms with Crippen LogP contribution in [0.25, 0.3) is 0 Å². The van der Waals surface area contributed by atoms with Crippen molar-refractivity contribution in [3.8, 4) is 0 Å². The molecule has 1 heterocycles. The number of sulfonamides is 1. The lowest BCUT2D eigenvalue weighted by Gasteiger charge is -2.32. The molecule has 0 radical (unpaired) electrons. The molecule has 2 aromatic rings. The molecule has 0 bridgehead atoms. The van der Waals surface area contributed by atoms with Crippen LogP contribution in [0, 0.1) is 0 Å². The zero-order valence-electron chi connectivity index (χ0n) is 15.0. The van der Waals surface area contributed by atoms with E-state index in [2.05, 4.69) is 11.6 Å². The minimum absolute atomic E-state index is 0.0870. The maximum atomic E-state index is 12.8. The predicted octanol–water partition coefficient (Wildman–Crippen LogP) is 3.90. The molecule has 1 N–H and O–H groups in total. The standard InChI is InChI=1S/C19H22N2O3S2/c1-4-15-5-7-16(8-6-15)20-26(23,24)17-9-10-19-18(11-17)21(14(3)22)12-13(2)25-19/h5-11,13,20H,4,12H2,1-3H3/t13-/m1/s1. The lowest BCUT2D eigenvalue weighted by Crippen LogP contribution is -2.37. The first kappa shape index (κ1) is 18.8. The van der Waals surface area contributed by atoms with Gasteiger partial charge in [0.25, 0.3) is 10.0 Å². The third kappa shape index (κ3) is 3.88. The second kappa shape index (κ2) is 7.32. The number of amides is 1. The lowest BCUT2D eigenvalue weighted by molar-refractivity contribution is -0.116. The Balaban J connectivity index is 1.93. The van der Waals surface area contributed by atoms with Crippen LogP contribution in [-0.4, -0.2) is 26.1 Å². The molecule has 0 fully saturated rings. The normalized spacial score (nSPS) is 16.9. The summed E-state index contributed by atoms with van der Waals surface area (Å²) in [6.45, 7) is 6.17. The van der Waals surface area contributed by atoms with E-state index in [-0.39, 0.29) is 16.1 Å². The van der Waals surface area contributed by atoms with E-state index in [0.717, 1.165) is 16.9 Å². The fourth-order valence-electron chi connectivity index (χ4n) is 2.91. The Morgan fingerprint density at radius 3 is 2.54 bits per heavy atom. The van der Waals surface area contributed by atoms with E-state index in [9.17, 15) is 13.2 Å². The first-order valence-electron chi connectivity index (χ1n) is 8.50. The summed E-state index contributed by atoms with van der Waals surface area (Å²) in [5.41, 5.74) is 2.32. The van der Waals surface area contributed by atoms with Crippen LogP contribution in [0.4, 0.5) is 11.4 Å². The van der Waals surface area contributed by atoms with E-state index in [1.165, 1.54) is 6.92 Å². The zero-order chi connectivity index (χ0) is 18.9. The molecular formula is C19H22N2O3S2. The van der Waals surface area contributed by atoms with Gasteiger partial charge in [-0.15, -0.1) is 11.8 Å². The summed E-state index contributed by atoms with van der Waals surface area (Å²) >= 11 is 1.65. The van der Waals surface area contributed by atoms with Gasteiger partial charge in [0.15, 0.2) is 0 Å². The van der Waals surface area contributed by atoms with Gasteiger partial charge in [-0.2, -0.15) is 0 Å². The third-order valence-corrected chi connectivity index (χ3v) is 6.82. The second-order valence-electron chi connectivity index (χ2n) is 6.34. The summed E-state index contributed by atoms with van der Waals surface area (Å²) in [5.74, 6) is -0.0870. The van der Waals surface area contributed by atoms with Crippen LogP contribution in [0.3, 0.4) is 0 Å². The number of fused-ring (bicyclic) bond motifs is 1. The Hall–Kier alpha value is -1.99. The minimum Gasteiger partial charge on any atom is -0.310 e. The highest BCUT2D eigenvalue weighted by Crippen LogP contribution is 2.39. The van der Waals surface area contributed by atoms with E-state index in [0.29, 0.717) is 17.9 Å². The van der Waals surface area contributed by atoms with Gasteiger partial charge in [-0.05, 0) is 42.3 Å². The van der Waals surface area contributed by atoms with Gasteiger partial charge in [-0.3, -0.25) is 9.52 Å². The summed E-state index contributed by atoms with van der Waals surface area (Å²) in [6.07, 6.45) is 0.898. The first-order chi connectivity index (χ1) is 12.3. The Labute approximate surface area is 158 Å². The van der Waals surface area contributed by atoms with Crippen molar-refractivity contribution in [2.24, 2.45) is 0 Å². The highest BCUT2D eigenvalue weighted by atomic mass is 32.2. The van der Waals surface area contributed by atoms with Gasteiger partial charge in [0, 0.05) is 29.3 Å². The summed E-state index contributed by atoms with van der Waals surface area (Å²) in [6, 6.07) is 12.3. The van der Waals surface area contributed by atoms with Crippen LogP contribution >= 0.6 is 11.8 Å². The summed E-state index contributed by atoms with van der Waals surface area (Å²) in [4.78, 5) is 14.7. The van der Waals surface area contributed by atoms with E-state index in [1.54, 1.807) is 47.0 Å². The molecular weight excluding hydrogens is 368 g/mol. The molecule has 0 saturated carbocycles. The molecule has 0 spiro atoms. The maximum absolute atomic E-state index is 12.8. The highest BCUT2D eigenvalue weighted by Gasteiger charge is 2.27. The van der Waals surface area contributed by atoms with Gasteiger partial charge in [0.05, 0.1) is 10.6 Å². The summed E-state index contributed by atoms with van der Waals surface area (Å²) in [7, 11) is -3.73. The predicted molar refractivity (Wildman–Crippen MR) is 106 cm³/mol. The Bertz CT molecular complexity index is 924. The molecule has 1 atom stereocenters. The van der Waals surface area contributed by atoms with Crippen molar-refractivity contribution < 1.29 is 13.2 Å². The fourth-order valence-corrected chi connectivity index (χ4v) is 5.08. The number of carbonyl (C=O) groups is 1. The second-order valence-corrected chi connectivity index (χ2v) is 9.51. The fraction of sp³-hybridized carbons (Fsp3) is 0.316. The quantitative estimate of drug-likeness (QED) is 0.860.